The van der Waals surface area contributed by atoms with E-state index in [1.165, 1.54) is 11.8 Å². The van der Waals surface area contributed by atoms with Gasteiger partial charge in [0.05, 0.1) is 22.4 Å². The van der Waals surface area contributed by atoms with Gasteiger partial charge in [-0.25, -0.2) is 0 Å². The second-order valence-electron chi connectivity index (χ2n) is 5.35. The molecule has 1 atom stereocenters. The summed E-state index contributed by atoms with van der Waals surface area (Å²) in [5.74, 6) is -0.434. The van der Waals surface area contributed by atoms with Crippen molar-refractivity contribution in [2.24, 2.45) is 0 Å². The molecule has 2 rings (SSSR count). The molecule has 0 saturated carbocycles. The van der Waals surface area contributed by atoms with Crippen LogP contribution in [0.4, 0.5) is 0 Å². The highest BCUT2D eigenvalue weighted by Crippen LogP contribution is 2.36. The smallest absolute Gasteiger partial charge is 0.230 e. The number of hydrogen-bond acceptors (Lipinski definition) is 4. The minimum Gasteiger partial charge on any atom is -0.355 e. The molecule has 0 aromatic heterocycles. The minimum absolute atomic E-state index is 0.116. The molecule has 0 saturated heterocycles. The van der Waals surface area contributed by atoms with Crippen molar-refractivity contribution in [1.29, 1.82) is 5.26 Å². The monoisotopic (exact) mass is 363 g/mol. The lowest BCUT2D eigenvalue weighted by atomic mass is 9.87. The van der Waals surface area contributed by atoms with Gasteiger partial charge in [-0.15, -0.1) is 0 Å². The van der Waals surface area contributed by atoms with E-state index in [1.807, 2.05) is 19.1 Å². The molecule has 1 aromatic carbocycles. The van der Waals surface area contributed by atoms with Crippen LogP contribution < -0.4 is 10.6 Å². The van der Waals surface area contributed by atoms with Crippen LogP contribution in [0.1, 0.15) is 31.2 Å². The highest BCUT2D eigenvalue weighted by Gasteiger charge is 2.29. The second kappa shape index (κ2) is 8.76. The molecule has 0 fully saturated rings. The van der Waals surface area contributed by atoms with Crippen molar-refractivity contribution >= 4 is 35.2 Å². The molecule has 0 radical (unpaired) electrons. The van der Waals surface area contributed by atoms with Crippen molar-refractivity contribution < 1.29 is 9.59 Å². The standard InChI is InChI=1S/C17H18ClN3O2S/c1-2-7-20-16(23)10-24-17-14(9-19)13(8-15(22)21-17)11-3-5-12(18)6-4-11/h3-6,13H,2,7-8,10H2,1H3,(H,20,23)(H,21,22)/t13-/m0/s1. The average Bonchev–Trinajstić information content (AvgIpc) is 2.58. The lowest BCUT2D eigenvalue weighted by Gasteiger charge is -2.25. The largest absolute Gasteiger partial charge is 0.355 e. The lowest BCUT2D eigenvalue weighted by Crippen LogP contribution is -2.32. The van der Waals surface area contributed by atoms with Gasteiger partial charge in [-0.1, -0.05) is 42.4 Å². The zero-order chi connectivity index (χ0) is 17.5. The molecule has 7 heteroatoms. The summed E-state index contributed by atoms with van der Waals surface area (Å²) in [7, 11) is 0. The Kier molecular flexibility index (Phi) is 6.71. The number of carbonyl (C=O) groups is 2. The van der Waals surface area contributed by atoms with Gasteiger partial charge in [-0.2, -0.15) is 5.26 Å². The number of nitriles is 1. The molecule has 1 aromatic rings. The third kappa shape index (κ3) is 4.76. The van der Waals surface area contributed by atoms with Crippen LogP contribution in [0.5, 0.6) is 0 Å². The summed E-state index contributed by atoms with van der Waals surface area (Å²) >= 11 is 7.08. The Bertz CT molecular complexity index is 695. The minimum atomic E-state index is -0.317. The summed E-state index contributed by atoms with van der Waals surface area (Å²) in [4.78, 5) is 23.8. The van der Waals surface area contributed by atoms with Crippen molar-refractivity contribution in [3.63, 3.8) is 0 Å². The van der Waals surface area contributed by atoms with Gasteiger partial charge >= 0.3 is 0 Å². The average molecular weight is 364 g/mol. The number of carbonyl (C=O) groups excluding carboxylic acids is 2. The summed E-state index contributed by atoms with van der Waals surface area (Å²) < 4.78 is 0. The van der Waals surface area contributed by atoms with Gasteiger partial charge in [0.2, 0.25) is 11.8 Å². The van der Waals surface area contributed by atoms with Crippen molar-refractivity contribution in [3.8, 4) is 6.07 Å². The van der Waals surface area contributed by atoms with Gasteiger partial charge in [-0.05, 0) is 24.1 Å². The van der Waals surface area contributed by atoms with E-state index in [9.17, 15) is 14.9 Å². The fraction of sp³-hybridized carbons (Fsp3) is 0.353. The predicted octanol–water partition coefficient (Wildman–Crippen LogP) is 2.94. The Hall–Kier alpha value is -1.97. The Labute approximate surface area is 150 Å². The van der Waals surface area contributed by atoms with Crippen LogP contribution >= 0.6 is 23.4 Å². The molecule has 1 aliphatic heterocycles. The first-order valence-electron chi connectivity index (χ1n) is 7.64. The zero-order valence-corrected chi connectivity index (χ0v) is 14.8. The third-order valence-electron chi connectivity index (χ3n) is 3.55. The number of nitrogens with one attached hydrogen (secondary N) is 2. The number of nitrogens with zero attached hydrogens (tertiary/aromatic N) is 1. The molecule has 0 bridgehead atoms. The van der Waals surface area contributed by atoms with E-state index < -0.39 is 0 Å². The van der Waals surface area contributed by atoms with Gasteiger partial charge in [0.25, 0.3) is 0 Å². The molecule has 0 spiro atoms. The first-order valence-corrected chi connectivity index (χ1v) is 9.00. The van der Waals surface area contributed by atoms with E-state index in [4.69, 9.17) is 11.6 Å². The van der Waals surface area contributed by atoms with Crippen LogP contribution in [0.3, 0.4) is 0 Å². The van der Waals surface area contributed by atoms with Crippen LogP contribution in [-0.4, -0.2) is 24.1 Å². The van der Waals surface area contributed by atoms with Crippen LogP contribution in [-0.2, 0) is 9.59 Å². The molecule has 126 valence electrons. The predicted molar refractivity (Wildman–Crippen MR) is 95.4 cm³/mol. The number of halogens is 1. The maximum atomic E-state index is 12.0. The summed E-state index contributed by atoms with van der Waals surface area (Å²) in [6, 6.07) is 9.30. The van der Waals surface area contributed by atoms with Gasteiger partial charge in [-0.3, -0.25) is 9.59 Å². The van der Waals surface area contributed by atoms with Gasteiger partial charge in [0.15, 0.2) is 0 Å². The number of allylic oxidation sites excluding steroid dienone is 1. The van der Waals surface area contributed by atoms with Crippen LogP contribution in [0, 0.1) is 11.3 Å². The molecule has 1 aliphatic rings. The van der Waals surface area contributed by atoms with Gasteiger partial charge in [0, 0.05) is 23.9 Å². The highest BCUT2D eigenvalue weighted by molar-refractivity contribution is 8.03. The van der Waals surface area contributed by atoms with Crippen LogP contribution in [0.15, 0.2) is 34.9 Å². The molecule has 0 aliphatic carbocycles. The SMILES string of the molecule is CCCNC(=O)CSC1=C(C#N)[C@H](c2ccc(Cl)cc2)CC(=O)N1. The first kappa shape index (κ1) is 18.4. The fourth-order valence-corrected chi connectivity index (χ4v) is 3.40. The number of hydrogen-bond donors (Lipinski definition) is 2. The van der Waals surface area contributed by atoms with Crippen molar-refractivity contribution in [1.82, 2.24) is 10.6 Å². The molecule has 2 amide bonds. The third-order valence-corrected chi connectivity index (χ3v) is 4.82. The maximum Gasteiger partial charge on any atom is 0.230 e. The van der Waals surface area contributed by atoms with Gasteiger partial charge < -0.3 is 10.6 Å². The van der Waals surface area contributed by atoms with E-state index in [0.717, 1.165) is 12.0 Å². The van der Waals surface area contributed by atoms with E-state index in [2.05, 4.69) is 16.7 Å². The molecular weight excluding hydrogens is 346 g/mol. The Balaban J connectivity index is 2.19. The number of amides is 2. The van der Waals surface area contributed by atoms with Crippen molar-refractivity contribution in [2.75, 3.05) is 12.3 Å². The Morgan fingerprint density at radius 3 is 2.79 bits per heavy atom. The lowest BCUT2D eigenvalue weighted by molar-refractivity contribution is -0.121. The van der Waals surface area contributed by atoms with E-state index in [-0.39, 0.29) is 29.9 Å². The normalized spacial score (nSPS) is 17.2. The zero-order valence-electron chi connectivity index (χ0n) is 13.3. The summed E-state index contributed by atoms with van der Waals surface area (Å²) in [5, 5.41) is 16.1. The first-order chi connectivity index (χ1) is 11.5. The number of benzene rings is 1. The van der Waals surface area contributed by atoms with Crippen LogP contribution in [0.2, 0.25) is 5.02 Å². The van der Waals surface area contributed by atoms with Crippen LogP contribution in [0.25, 0.3) is 0 Å². The molecule has 2 N–H and O–H groups in total. The quantitative estimate of drug-likeness (QED) is 0.814. The van der Waals surface area contributed by atoms with E-state index in [0.29, 0.717) is 22.2 Å². The topological polar surface area (TPSA) is 82.0 Å². The van der Waals surface area contributed by atoms with E-state index in [1.54, 1.807) is 12.1 Å². The molecule has 5 nitrogen and oxygen atoms in total. The molecule has 1 heterocycles. The van der Waals surface area contributed by atoms with Gasteiger partial charge in [0.1, 0.15) is 0 Å². The highest BCUT2D eigenvalue weighted by atomic mass is 35.5. The summed E-state index contributed by atoms with van der Waals surface area (Å²) in [6.45, 7) is 2.59. The molecule has 0 unspecified atom stereocenters. The van der Waals surface area contributed by atoms with Crippen molar-refractivity contribution in [2.45, 2.75) is 25.7 Å². The van der Waals surface area contributed by atoms with Crippen molar-refractivity contribution in [3.05, 3.63) is 45.5 Å². The molecule has 24 heavy (non-hydrogen) atoms. The summed E-state index contributed by atoms with van der Waals surface area (Å²) in [6.07, 6.45) is 1.06. The second-order valence-corrected chi connectivity index (χ2v) is 6.77. The van der Waals surface area contributed by atoms with E-state index >= 15 is 0 Å². The maximum absolute atomic E-state index is 12.0. The fourth-order valence-electron chi connectivity index (χ4n) is 2.37. The number of thioether (sulfide) groups is 1. The Morgan fingerprint density at radius 2 is 2.17 bits per heavy atom. The number of rotatable bonds is 6. The Morgan fingerprint density at radius 1 is 1.46 bits per heavy atom. The summed E-state index contributed by atoms with van der Waals surface area (Å²) in [5.41, 5.74) is 1.34. The molecular formula is C17H18ClN3O2S.